The van der Waals surface area contributed by atoms with Crippen molar-refractivity contribution in [2.75, 3.05) is 0 Å². The van der Waals surface area contributed by atoms with E-state index in [4.69, 9.17) is 23.2 Å². The predicted octanol–water partition coefficient (Wildman–Crippen LogP) is 3.60. The van der Waals surface area contributed by atoms with E-state index in [2.05, 4.69) is 20.5 Å². The molecule has 0 aliphatic rings. The Bertz CT molecular complexity index is 1090. The number of fused-ring (bicyclic) bond motifs is 1. The van der Waals surface area contributed by atoms with E-state index >= 15 is 0 Å². The van der Waals surface area contributed by atoms with E-state index in [1.807, 2.05) is 13.8 Å². The zero-order chi connectivity index (χ0) is 18.8. The van der Waals surface area contributed by atoms with Crippen LogP contribution < -0.4 is 11.0 Å². The van der Waals surface area contributed by atoms with E-state index in [0.717, 1.165) is 10.4 Å². The summed E-state index contributed by atoms with van der Waals surface area (Å²) in [6.07, 6.45) is 1.30. The van der Waals surface area contributed by atoms with Gasteiger partial charge in [0.2, 0.25) is 5.91 Å². The molecule has 0 unspecified atom stereocenters. The van der Waals surface area contributed by atoms with E-state index in [0.29, 0.717) is 25.8 Å². The Hall–Kier alpha value is -2.22. The lowest BCUT2D eigenvalue weighted by atomic mass is 10.2. The molecule has 0 aliphatic carbocycles. The maximum Gasteiger partial charge on any atom is 0.259 e. The van der Waals surface area contributed by atoms with E-state index in [1.54, 1.807) is 18.2 Å². The molecule has 26 heavy (non-hydrogen) atoms. The van der Waals surface area contributed by atoms with Gasteiger partial charge in [0.25, 0.3) is 5.56 Å². The number of carbonyl (C=O) groups is 1. The Morgan fingerprint density at radius 3 is 2.92 bits per heavy atom. The third-order valence-corrected chi connectivity index (χ3v) is 5.73. The number of halogens is 2. The highest BCUT2D eigenvalue weighted by molar-refractivity contribution is 7.18. The van der Waals surface area contributed by atoms with Crippen LogP contribution in [0, 0.1) is 13.8 Å². The van der Waals surface area contributed by atoms with Crippen LogP contribution in [0.2, 0.25) is 10.0 Å². The maximum atomic E-state index is 12.2. The Balaban J connectivity index is 1.72. The van der Waals surface area contributed by atoms with E-state index < -0.39 is 5.91 Å². The Kier molecular flexibility index (Phi) is 5.41. The molecule has 0 saturated heterocycles. The van der Waals surface area contributed by atoms with Gasteiger partial charge in [-0.2, -0.15) is 5.10 Å². The summed E-state index contributed by atoms with van der Waals surface area (Å²) in [4.78, 5) is 32.9. The number of rotatable bonds is 4. The van der Waals surface area contributed by atoms with Crippen molar-refractivity contribution in [1.29, 1.82) is 0 Å². The number of nitrogens with zero attached hydrogens (tertiary/aromatic N) is 2. The summed E-state index contributed by atoms with van der Waals surface area (Å²) < 4.78 is 0. The second-order valence-electron chi connectivity index (χ2n) is 5.59. The molecule has 1 amide bonds. The van der Waals surface area contributed by atoms with Gasteiger partial charge in [-0.05, 0) is 25.5 Å². The molecular formula is C17H14Cl2N4O2S. The van der Waals surface area contributed by atoms with Crippen LogP contribution in [0.4, 0.5) is 0 Å². The fourth-order valence-corrected chi connectivity index (χ4v) is 3.77. The number of hydrogen-bond donors (Lipinski definition) is 2. The van der Waals surface area contributed by atoms with Crippen molar-refractivity contribution in [3.63, 3.8) is 0 Å². The Morgan fingerprint density at radius 2 is 2.15 bits per heavy atom. The van der Waals surface area contributed by atoms with Gasteiger partial charge < -0.3 is 4.98 Å². The van der Waals surface area contributed by atoms with E-state index in [-0.39, 0.29) is 17.8 Å². The maximum absolute atomic E-state index is 12.2. The standard InChI is InChI=1S/C17H14Cl2N4O2S/c1-8-9(2)26-17-14(8)16(25)21-12(22-17)6-13(24)23-20-7-10-4-3-5-11(18)15(10)19/h3-5,7H,6H2,1-2H3,(H,23,24)(H,21,22,25)/b20-7-. The number of H-pyrrole nitrogens is 1. The van der Waals surface area contributed by atoms with Gasteiger partial charge in [-0.3, -0.25) is 9.59 Å². The minimum atomic E-state index is -0.410. The summed E-state index contributed by atoms with van der Waals surface area (Å²) in [6, 6.07) is 5.11. The fraction of sp³-hybridized carbons (Fsp3) is 0.176. The first-order chi connectivity index (χ1) is 12.4. The van der Waals surface area contributed by atoms with Crippen LogP contribution in [-0.4, -0.2) is 22.1 Å². The van der Waals surface area contributed by atoms with Gasteiger partial charge in [0.15, 0.2) is 0 Å². The van der Waals surface area contributed by atoms with Crippen molar-refractivity contribution in [3.05, 3.63) is 60.4 Å². The molecule has 0 aliphatic heterocycles. The Labute approximate surface area is 162 Å². The van der Waals surface area contributed by atoms with E-state index in [9.17, 15) is 9.59 Å². The second-order valence-corrected chi connectivity index (χ2v) is 7.58. The van der Waals surface area contributed by atoms with Crippen LogP contribution >= 0.6 is 34.5 Å². The molecule has 3 aromatic rings. The number of nitrogens with one attached hydrogen (secondary N) is 2. The molecule has 6 nitrogen and oxygen atoms in total. The monoisotopic (exact) mass is 408 g/mol. The molecule has 0 fully saturated rings. The number of aryl methyl sites for hydroxylation is 2. The van der Waals surface area contributed by atoms with Crippen LogP contribution in [0.3, 0.4) is 0 Å². The quantitative estimate of drug-likeness (QED) is 0.510. The lowest BCUT2D eigenvalue weighted by Gasteiger charge is -2.02. The number of carbonyl (C=O) groups excluding carboxylic acids is 1. The summed E-state index contributed by atoms with van der Waals surface area (Å²) in [5, 5.41) is 5.19. The number of benzene rings is 1. The summed E-state index contributed by atoms with van der Waals surface area (Å²) >= 11 is 13.4. The van der Waals surface area contributed by atoms with E-state index in [1.165, 1.54) is 17.6 Å². The molecule has 2 heterocycles. The molecule has 134 valence electrons. The number of thiophene rings is 1. The van der Waals surface area contributed by atoms with Crippen molar-refractivity contribution < 1.29 is 4.79 Å². The van der Waals surface area contributed by atoms with Gasteiger partial charge in [0.05, 0.1) is 28.1 Å². The molecule has 3 rings (SSSR count). The zero-order valence-electron chi connectivity index (χ0n) is 13.9. The predicted molar refractivity (Wildman–Crippen MR) is 106 cm³/mol. The first-order valence-electron chi connectivity index (χ1n) is 7.61. The number of amides is 1. The summed E-state index contributed by atoms with van der Waals surface area (Å²) in [6.45, 7) is 3.82. The van der Waals surface area contributed by atoms with Crippen LogP contribution in [-0.2, 0) is 11.2 Å². The van der Waals surface area contributed by atoms with Crippen molar-refractivity contribution in [3.8, 4) is 0 Å². The van der Waals surface area contributed by atoms with Gasteiger partial charge in [0, 0.05) is 10.4 Å². The molecule has 0 spiro atoms. The van der Waals surface area contributed by atoms with Gasteiger partial charge in [0.1, 0.15) is 10.7 Å². The molecule has 0 atom stereocenters. The Morgan fingerprint density at radius 1 is 1.38 bits per heavy atom. The first-order valence-corrected chi connectivity index (χ1v) is 9.19. The first kappa shape index (κ1) is 18.6. The number of aromatic nitrogens is 2. The highest BCUT2D eigenvalue weighted by atomic mass is 35.5. The van der Waals surface area contributed by atoms with Gasteiger partial charge in [-0.15, -0.1) is 11.3 Å². The summed E-state index contributed by atoms with van der Waals surface area (Å²) in [5.74, 6) is -0.121. The van der Waals surface area contributed by atoms with Crippen LogP contribution in [0.15, 0.2) is 28.1 Å². The summed E-state index contributed by atoms with van der Waals surface area (Å²) in [5.41, 5.74) is 3.63. The number of aromatic amines is 1. The molecule has 0 bridgehead atoms. The second kappa shape index (κ2) is 7.57. The molecule has 9 heteroatoms. The van der Waals surface area contributed by atoms with Crippen LogP contribution in [0.5, 0.6) is 0 Å². The number of hydrazone groups is 1. The number of hydrogen-bond acceptors (Lipinski definition) is 5. The topological polar surface area (TPSA) is 87.2 Å². The van der Waals surface area contributed by atoms with Gasteiger partial charge in [-0.25, -0.2) is 10.4 Å². The molecule has 0 saturated carbocycles. The third-order valence-electron chi connectivity index (χ3n) is 3.79. The zero-order valence-corrected chi connectivity index (χ0v) is 16.2. The van der Waals surface area contributed by atoms with Crippen molar-refractivity contribution >= 4 is 56.9 Å². The lowest BCUT2D eigenvalue weighted by molar-refractivity contribution is -0.120. The molecule has 1 aromatic carbocycles. The molecule has 2 N–H and O–H groups in total. The van der Waals surface area contributed by atoms with Crippen molar-refractivity contribution in [2.45, 2.75) is 20.3 Å². The molecule has 0 radical (unpaired) electrons. The van der Waals surface area contributed by atoms with Gasteiger partial charge >= 0.3 is 0 Å². The lowest BCUT2D eigenvalue weighted by Crippen LogP contribution is -2.23. The normalized spacial score (nSPS) is 11.4. The van der Waals surface area contributed by atoms with Crippen LogP contribution in [0.1, 0.15) is 21.8 Å². The average molecular weight is 409 g/mol. The minimum Gasteiger partial charge on any atom is -0.309 e. The van der Waals surface area contributed by atoms with Crippen LogP contribution in [0.25, 0.3) is 10.2 Å². The highest BCUT2D eigenvalue weighted by Crippen LogP contribution is 2.26. The fourth-order valence-electron chi connectivity index (χ4n) is 2.37. The van der Waals surface area contributed by atoms with Gasteiger partial charge in [-0.1, -0.05) is 35.3 Å². The minimum absolute atomic E-state index is 0.0954. The third kappa shape index (κ3) is 3.80. The smallest absolute Gasteiger partial charge is 0.259 e. The SMILES string of the molecule is Cc1sc2nc(CC(=O)N/N=C\c3cccc(Cl)c3Cl)[nH]c(=O)c2c1C. The molecule has 2 aromatic heterocycles. The highest BCUT2D eigenvalue weighted by Gasteiger charge is 2.13. The van der Waals surface area contributed by atoms with Crippen molar-refractivity contribution in [2.24, 2.45) is 5.10 Å². The largest absolute Gasteiger partial charge is 0.309 e. The molecular weight excluding hydrogens is 395 g/mol. The summed E-state index contributed by atoms with van der Waals surface area (Å²) in [7, 11) is 0. The average Bonchev–Trinajstić information content (AvgIpc) is 2.86. The van der Waals surface area contributed by atoms with Crippen molar-refractivity contribution in [1.82, 2.24) is 15.4 Å².